The Morgan fingerprint density at radius 3 is 1.67 bits per heavy atom. The predicted molar refractivity (Wildman–Crippen MR) is 140 cm³/mol. The summed E-state index contributed by atoms with van der Waals surface area (Å²) in [5.74, 6) is 0. The van der Waals surface area contributed by atoms with Crippen molar-refractivity contribution in [1.29, 1.82) is 0 Å². The Bertz CT molecular complexity index is 377. The van der Waals surface area contributed by atoms with Crippen molar-refractivity contribution in [3.8, 4) is 0 Å². The Morgan fingerprint density at radius 2 is 1.12 bits per heavy atom. The molecule has 0 radical (unpaired) electrons. The molecule has 1 rings (SSSR count). The summed E-state index contributed by atoms with van der Waals surface area (Å²) in [7, 11) is 0. The van der Waals surface area contributed by atoms with E-state index in [1.54, 1.807) is 0 Å². The second-order valence-corrected chi connectivity index (χ2v) is 10.2. The Kier molecular flexibility index (Phi) is 23.3. The van der Waals surface area contributed by atoms with Crippen molar-refractivity contribution in [2.75, 3.05) is 26.4 Å². The number of aliphatic hydroxyl groups is 1. The van der Waals surface area contributed by atoms with Crippen LogP contribution in [0.3, 0.4) is 0 Å². The van der Waals surface area contributed by atoms with Crippen molar-refractivity contribution in [2.45, 2.75) is 161 Å². The van der Waals surface area contributed by atoms with E-state index in [0.717, 1.165) is 32.3 Å². The molecule has 0 amide bonds. The van der Waals surface area contributed by atoms with Crippen LogP contribution in [0.5, 0.6) is 0 Å². The molecule has 1 aliphatic heterocycles. The number of ether oxygens (including phenoxy) is 3. The summed E-state index contributed by atoms with van der Waals surface area (Å²) in [4.78, 5) is 0. The van der Waals surface area contributed by atoms with Crippen molar-refractivity contribution in [3.63, 3.8) is 0 Å². The summed E-state index contributed by atoms with van der Waals surface area (Å²) in [6.45, 7) is 4.79. The van der Waals surface area contributed by atoms with Crippen LogP contribution in [0.1, 0.15) is 148 Å². The molecule has 1 N–H and O–H groups in total. The van der Waals surface area contributed by atoms with Crippen molar-refractivity contribution in [2.24, 2.45) is 0 Å². The van der Waals surface area contributed by atoms with Gasteiger partial charge < -0.3 is 19.3 Å². The second-order valence-electron chi connectivity index (χ2n) is 10.2. The molecule has 2 unspecified atom stereocenters. The highest BCUT2D eigenvalue weighted by Crippen LogP contribution is 2.19. The van der Waals surface area contributed by atoms with Gasteiger partial charge in [0.25, 0.3) is 0 Å². The molecule has 2 atom stereocenters. The molecule has 198 valence electrons. The third-order valence-electron chi connectivity index (χ3n) is 6.86. The highest BCUT2D eigenvalue weighted by molar-refractivity contribution is 4.65. The quantitative estimate of drug-likeness (QED) is 0.129. The minimum Gasteiger partial charge on any atom is -0.396 e. The Hall–Kier alpha value is -0.160. The van der Waals surface area contributed by atoms with Crippen LogP contribution < -0.4 is 0 Å². The topological polar surface area (TPSA) is 47.9 Å². The standard InChI is InChI=1S/C29H58O4/c1-2-3-4-5-6-7-8-9-10-11-12-13-14-17-20-23-29-32-27-28(33-29)26-31-25-22-19-16-15-18-21-24-30/h28-30H,2-27H2,1H3. The van der Waals surface area contributed by atoms with Gasteiger partial charge in [-0.05, 0) is 25.7 Å². The fraction of sp³-hybridized carbons (Fsp3) is 1.00. The molecule has 0 aromatic carbocycles. The van der Waals surface area contributed by atoms with Gasteiger partial charge in [-0.2, -0.15) is 0 Å². The molecule has 33 heavy (non-hydrogen) atoms. The fourth-order valence-corrected chi connectivity index (χ4v) is 4.67. The highest BCUT2D eigenvalue weighted by atomic mass is 16.7. The maximum Gasteiger partial charge on any atom is 0.158 e. The molecule has 0 bridgehead atoms. The Balaban J connectivity index is 1.75. The molecule has 1 fully saturated rings. The normalized spacial score (nSPS) is 18.4. The van der Waals surface area contributed by atoms with E-state index in [1.165, 1.54) is 116 Å². The lowest BCUT2D eigenvalue weighted by molar-refractivity contribution is -0.0761. The van der Waals surface area contributed by atoms with E-state index in [4.69, 9.17) is 19.3 Å². The van der Waals surface area contributed by atoms with Crippen LogP contribution in [0.4, 0.5) is 0 Å². The lowest BCUT2D eigenvalue weighted by atomic mass is 10.0. The average molecular weight is 471 g/mol. The summed E-state index contributed by atoms with van der Waals surface area (Å²) in [5, 5.41) is 8.77. The summed E-state index contributed by atoms with van der Waals surface area (Å²) >= 11 is 0. The molecule has 4 nitrogen and oxygen atoms in total. The first-order valence-electron chi connectivity index (χ1n) is 14.8. The van der Waals surface area contributed by atoms with Gasteiger partial charge in [0.2, 0.25) is 0 Å². The SMILES string of the molecule is CCCCCCCCCCCCCCCCCC1OCC(COCCCCCCCCO)O1. The first-order valence-corrected chi connectivity index (χ1v) is 14.8. The van der Waals surface area contributed by atoms with E-state index in [9.17, 15) is 0 Å². The van der Waals surface area contributed by atoms with Gasteiger partial charge in [-0.25, -0.2) is 0 Å². The van der Waals surface area contributed by atoms with Crippen molar-refractivity contribution < 1.29 is 19.3 Å². The number of rotatable bonds is 26. The zero-order valence-electron chi connectivity index (χ0n) is 22.2. The Labute approximate surface area is 206 Å². The molecule has 1 saturated heterocycles. The molecule has 4 heteroatoms. The van der Waals surface area contributed by atoms with E-state index in [1.807, 2.05) is 0 Å². The molecule has 0 spiro atoms. The first kappa shape index (κ1) is 30.9. The smallest absolute Gasteiger partial charge is 0.158 e. The Morgan fingerprint density at radius 1 is 0.636 bits per heavy atom. The van der Waals surface area contributed by atoms with Crippen LogP contribution in [0.25, 0.3) is 0 Å². The molecule has 0 saturated carbocycles. The maximum atomic E-state index is 8.77. The van der Waals surface area contributed by atoms with Crippen LogP contribution in [0.2, 0.25) is 0 Å². The fourth-order valence-electron chi connectivity index (χ4n) is 4.67. The van der Waals surface area contributed by atoms with Crippen molar-refractivity contribution in [1.82, 2.24) is 0 Å². The molecule has 1 heterocycles. The molecule has 1 aliphatic rings. The minimum atomic E-state index is -0.00732. The molecule has 0 aromatic heterocycles. The van der Waals surface area contributed by atoms with Crippen LogP contribution in [0, 0.1) is 0 Å². The largest absolute Gasteiger partial charge is 0.396 e. The van der Waals surface area contributed by atoms with E-state index in [2.05, 4.69) is 6.92 Å². The van der Waals surface area contributed by atoms with Crippen LogP contribution in [0.15, 0.2) is 0 Å². The zero-order valence-corrected chi connectivity index (χ0v) is 22.2. The van der Waals surface area contributed by atoms with Crippen LogP contribution >= 0.6 is 0 Å². The summed E-state index contributed by atoms with van der Waals surface area (Å²) < 4.78 is 17.6. The van der Waals surface area contributed by atoms with E-state index >= 15 is 0 Å². The third-order valence-corrected chi connectivity index (χ3v) is 6.86. The number of unbranched alkanes of at least 4 members (excludes halogenated alkanes) is 19. The van der Waals surface area contributed by atoms with Gasteiger partial charge >= 0.3 is 0 Å². The summed E-state index contributed by atoms with van der Waals surface area (Å²) in [6.07, 6.45) is 29.1. The third kappa shape index (κ3) is 20.9. The average Bonchev–Trinajstić information content (AvgIpc) is 3.28. The summed E-state index contributed by atoms with van der Waals surface area (Å²) in [5.41, 5.74) is 0. The monoisotopic (exact) mass is 470 g/mol. The number of hydrogen-bond acceptors (Lipinski definition) is 4. The highest BCUT2D eigenvalue weighted by Gasteiger charge is 2.25. The van der Waals surface area contributed by atoms with Gasteiger partial charge in [-0.1, -0.05) is 122 Å². The maximum absolute atomic E-state index is 8.77. The van der Waals surface area contributed by atoms with E-state index in [0.29, 0.717) is 19.8 Å². The second kappa shape index (κ2) is 24.9. The van der Waals surface area contributed by atoms with Crippen LogP contribution in [-0.2, 0) is 14.2 Å². The molecular weight excluding hydrogens is 412 g/mol. The predicted octanol–water partition coefficient (Wildman–Crippen LogP) is 8.34. The van der Waals surface area contributed by atoms with Gasteiger partial charge in [-0.3, -0.25) is 0 Å². The van der Waals surface area contributed by atoms with Crippen LogP contribution in [-0.4, -0.2) is 43.9 Å². The van der Waals surface area contributed by atoms with Gasteiger partial charge in [0.05, 0.1) is 13.2 Å². The molecule has 0 aromatic rings. The molecular formula is C29H58O4. The van der Waals surface area contributed by atoms with E-state index in [-0.39, 0.29) is 12.4 Å². The van der Waals surface area contributed by atoms with Crippen molar-refractivity contribution >= 4 is 0 Å². The zero-order chi connectivity index (χ0) is 23.7. The lowest BCUT2D eigenvalue weighted by Gasteiger charge is -2.12. The lowest BCUT2D eigenvalue weighted by Crippen LogP contribution is -2.19. The molecule has 0 aliphatic carbocycles. The van der Waals surface area contributed by atoms with Crippen molar-refractivity contribution in [3.05, 3.63) is 0 Å². The van der Waals surface area contributed by atoms with E-state index < -0.39 is 0 Å². The number of aliphatic hydroxyl groups excluding tert-OH is 1. The van der Waals surface area contributed by atoms with Gasteiger partial charge in [-0.15, -0.1) is 0 Å². The summed E-state index contributed by atoms with van der Waals surface area (Å²) in [6, 6.07) is 0. The minimum absolute atomic E-state index is 0.00732. The number of hydrogen-bond donors (Lipinski definition) is 1. The first-order chi connectivity index (χ1) is 16.4. The van der Waals surface area contributed by atoms with Gasteiger partial charge in [0.1, 0.15) is 6.10 Å². The van der Waals surface area contributed by atoms with Gasteiger partial charge in [0, 0.05) is 13.2 Å². The van der Waals surface area contributed by atoms with Gasteiger partial charge in [0.15, 0.2) is 6.29 Å².